The van der Waals surface area contributed by atoms with Gasteiger partial charge in [0.2, 0.25) is 0 Å². The second kappa shape index (κ2) is 6.33. The molecule has 0 aliphatic carbocycles. The summed E-state index contributed by atoms with van der Waals surface area (Å²) >= 11 is 0. The molecule has 8 heteroatoms. The molecule has 0 spiro atoms. The minimum absolute atomic E-state index is 0.147. The van der Waals surface area contributed by atoms with E-state index in [-0.39, 0.29) is 5.75 Å². The van der Waals surface area contributed by atoms with Gasteiger partial charge >= 0.3 is 0 Å². The molecule has 7 nitrogen and oxygen atoms in total. The third-order valence-electron chi connectivity index (χ3n) is 4.73. The summed E-state index contributed by atoms with van der Waals surface area (Å²) in [5, 5.41) is 3.31. The van der Waals surface area contributed by atoms with Crippen molar-refractivity contribution in [2.24, 2.45) is 4.99 Å². The van der Waals surface area contributed by atoms with Crippen LogP contribution in [0.3, 0.4) is 0 Å². The molecule has 3 heterocycles. The van der Waals surface area contributed by atoms with Gasteiger partial charge in [-0.2, -0.15) is 0 Å². The van der Waals surface area contributed by atoms with Crippen LogP contribution < -0.4 is 5.32 Å². The largest absolute Gasteiger partial charge is 0.351 e. The van der Waals surface area contributed by atoms with E-state index in [1.807, 2.05) is 36.2 Å². The van der Waals surface area contributed by atoms with Crippen molar-refractivity contribution in [1.29, 1.82) is 0 Å². The molecular formula is C17H25N5O2S. The lowest BCUT2D eigenvalue weighted by molar-refractivity contribution is 0.353. The first kappa shape index (κ1) is 17.7. The van der Waals surface area contributed by atoms with Crippen LogP contribution in [0.2, 0.25) is 0 Å². The SMILES string of the molecule is CN=C(NCc1cn2c(C)cccc2n1)N1CCS(=O)(=O)C(C)(C)C1. The van der Waals surface area contributed by atoms with Crippen molar-refractivity contribution in [3.05, 3.63) is 35.8 Å². The molecule has 0 bridgehead atoms. The maximum Gasteiger partial charge on any atom is 0.194 e. The van der Waals surface area contributed by atoms with E-state index in [1.54, 1.807) is 20.9 Å². The number of sulfone groups is 1. The van der Waals surface area contributed by atoms with Gasteiger partial charge < -0.3 is 14.6 Å². The second-order valence-corrected chi connectivity index (χ2v) is 9.77. The Hall–Kier alpha value is -2.09. The molecule has 25 heavy (non-hydrogen) atoms. The topological polar surface area (TPSA) is 79.1 Å². The number of guanidine groups is 1. The van der Waals surface area contributed by atoms with Gasteiger partial charge in [-0.15, -0.1) is 0 Å². The number of aryl methyl sites for hydroxylation is 1. The lowest BCUT2D eigenvalue weighted by Gasteiger charge is -2.39. The number of aliphatic imine (C=N–C) groups is 1. The predicted octanol–water partition coefficient (Wildman–Crippen LogP) is 1.23. The van der Waals surface area contributed by atoms with Crippen LogP contribution in [0.5, 0.6) is 0 Å². The van der Waals surface area contributed by atoms with Gasteiger partial charge in [0.1, 0.15) is 5.65 Å². The lowest BCUT2D eigenvalue weighted by Crippen LogP contribution is -2.57. The van der Waals surface area contributed by atoms with Crippen LogP contribution in [0.1, 0.15) is 25.2 Å². The highest BCUT2D eigenvalue weighted by Crippen LogP contribution is 2.23. The Morgan fingerprint density at radius 3 is 2.80 bits per heavy atom. The first-order valence-corrected chi connectivity index (χ1v) is 10.0. The van der Waals surface area contributed by atoms with Crippen LogP contribution in [0.4, 0.5) is 0 Å². The smallest absolute Gasteiger partial charge is 0.194 e. The minimum Gasteiger partial charge on any atom is -0.351 e. The summed E-state index contributed by atoms with van der Waals surface area (Å²) in [5.74, 6) is 0.852. The van der Waals surface area contributed by atoms with Crippen molar-refractivity contribution < 1.29 is 8.42 Å². The maximum atomic E-state index is 12.2. The van der Waals surface area contributed by atoms with Crippen molar-refractivity contribution in [3.8, 4) is 0 Å². The zero-order chi connectivity index (χ0) is 18.2. The van der Waals surface area contributed by atoms with E-state index >= 15 is 0 Å². The summed E-state index contributed by atoms with van der Waals surface area (Å²) in [6, 6.07) is 6.01. The van der Waals surface area contributed by atoms with E-state index in [0.29, 0.717) is 25.6 Å². The third-order valence-corrected chi connectivity index (χ3v) is 7.26. The van der Waals surface area contributed by atoms with Gasteiger partial charge in [0.25, 0.3) is 0 Å². The van der Waals surface area contributed by atoms with Gasteiger partial charge in [0, 0.05) is 32.0 Å². The molecule has 2 aromatic heterocycles. The number of pyridine rings is 1. The van der Waals surface area contributed by atoms with E-state index in [2.05, 4.69) is 19.7 Å². The molecular weight excluding hydrogens is 338 g/mol. The van der Waals surface area contributed by atoms with Crippen LogP contribution in [-0.4, -0.2) is 59.3 Å². The standard InChI is InChI=1S/C17H25N5O2S/c1-13-6-5-7-15-20-14(11-22(13)15)10-19-16(18-4)21-8-9-25(23,24)17(2,3)12-21/h5-7,11H,8-10,12H2,1-4H3,(H,18,19). The summed E-state index contributed by atoms with van der Waals surface area (Å²) in [6.45, 7) is 7.01. The number of rotatable bonds is 2. The molecule has 0 amide bonds. The van der Waals surface area contributed by atoms with Crippen LogP contribution in [0.15, 0.2) is 29.4 Å². The normalized spacial score (nSPS) is 20.0. The molecule has 0 atom stereocenters. The van der Waals surface area contributed by atoms with E-state index in [1.165, 1.54) is 0 Å². The summed E-state index contributed by atoms with van der Waals surface area (Å²) in [4.78, 5) is 10.9. The van der Waals surface area contributed by atoms with E-state index in [0.717, 1.165) is 17.0 Å². The van der Waals surface area contributed by atoms with Gasteiger partial charge in [0.15, 0.2) is 15.8 Å². The van der Waals surface area contributed by atoms with Gasteiger partial charge in [-0.1, -0.05) is 6.07 Å². The van der Waals surface area contributed by atoms with Gasteiger partial charge in [-0.05, 0) is 32.9 Å². The molecule has 2 aromatic rings. The molecule has 1 aliphatic heterocycles. The van der Waals surface area contributed by atoms with Gasteiger partial charge in [-0.25, -0.2) is 13.4 Å². The molecule has 1 N–H and O–H groups in total. The molecule has 1 fully saturated rings. The number of nitrogens with one attached hydrogen (secondary N) is 1. The number of hydrogen-bond donors (Lipinski definition) is 1. The number of imidazole rings is 1. The number of aromatic nitrogens is 2. The zero-order valence-electron chi connectivity index (χ0n) is 15.2. The molecule has 0 saturated carbocycles. The molecule has 0 unspecified atom stereocenters. The Morgan fingerprint density at radius 2 is 2.16 bits per heavy atom. The Kier molecular flexibility index (Phi) is 4.49. The number of nitrogens with zero attached hydrogens (tertiary/aromatic N) is 4. The van der Waals surface area contributed by atoms with Crippen LogP contribution >= 0.6 is 0 Å². The number of fused-ring (bicyclic) bond motifs is 1. The predicted molar refractivity (Wildman–Crippen MR) is 99.6 cm³/mol. The number of hydrogen-bond acceptors (Lipinski definition) is 4. The fourth-order valence-electron chi connectivity index (χ4n) is 3.11. The fourth-order valence-corrected chi connectivity index (χ4v) is 4.48. The second-order valence-electron chi connectivity index (χ2n) is 7.03. The van der Waals surface area contributed by atoms with Crippen LogP contribution in [0.25, 0.3) is 5.65 Å². The average molecular weight is 363 g/mol. The molecule has 1 saturated heterocycles. The Bertz CT molecular complexity index is 914. The Morgan fingerprint density at radius 1 is 1.40 bits per heavy atom. The van der Waals surface area contributed by atoms with Crippen molar-refractivity contribution >= 4 is 21.4 Å². The quantitative estimate of drug-likeness (QED) is 0.641. The van der Waals surface area contributed by atoms with E-state index < -0.39 is 14.6 Å². The first-order chi connectivity index (χ1) is 11.7. The Balaban J connectivity index is 1.71. The fraction of sp³-hybridized carbons (Fsp3) is 0.529. The van der Waals surface area contributed by atoms with Crippen molar-refractivity contribution in [1.82, 2.24) is 19.6 Å². The third kappa shape index (κ3) is 3.35. The summed E-state index contributed by atoms with van der Waals surface area (Å²) < 4.78 is 25.6. The van der Waals surface area contributed by atoms with Crippen LogP contribution in [-0.2, 0) is 16.4 Å². The molecule has 1 aliphatic rings. The maximum absolute atomic E-state index is 12.2. The summed E-state index contributed by atoms with van der Waals surface area (Å²) in [7, 11) is -1.35. The molecule has 3 rings (SSSR count). The van der Waals surface area contributed by atoms with Crippen LogP contribution in [0, 0.1) is 6.92 Å². The van der Waals surface area contributed by atoms with Gasteiger partial charge in [-0.3, -0.25) is 4.99 Å². The van der Waals surface area contributed by atoms with Gasteiger partial charge in [0.05, 0.1) is 22.7 Å². The average Bonchev–Trinajstić information content (AvgIpc) is 2.96. The Labute approximate surface area is 148 Å². The zero-order valence-corrected chi connectivity index (χ0v) is 16.0. The molecule has 0 aromatic carbocycles. The summed E-state index contributed by atoms with van der Waals surface area (Å²) in [5.41, 5.74) is 2.96. The molecule has 0 radical (unpaired) electrons. The highest BCUT2D eigenvalue weighted by Gasteiger charge is 2.40. The van der Waals surface area contributed by atoms with E-state index in [9.17, 15) is 8.42 Å². The van der Waals surface area contributed by atoms with E-state index in [4.69, 9.17) is 0 Å². The first-order valence-electron chi connectivity index (χ1n) is 8.35. The van der Waals surface area contributed by atoms with Crippen molar-refractivity contribution in [3.63, 3.8) is 0 Å². The lowest BCUT2D eigenvalue weighted by atomic mass is 10.2. The highest BCUT2D eigenvalue weighted by atomic mass is 32.2. The van der Waals surface area contributed by atoms with Crippen molar-refractivity contribution in [2.45, 2.75) is 32.1 Å². The minimum atomic E-state index is -3.06. The highest BCUT2D eigenvalue weighted by molar-refractivity contribution is 7.92. The monoisotopic (exact) mass is 363 g/mol. The molecule has 136 valence electrons. The summed E-state index contributed by atoms with van der Waals surface area (Å²) in [6.07, 6.45) is 2.01. The van der Waals surface area contributed by atoms with Crippen molar-refractivity contribution in [2.75, 3.05) is 25.9 Å².